The fourth-order valence-electron chi connectivity index (χ4n) is 6.48. The van der Waals surface area contributed by atoms with Crippen molar-refractivity contribution in [3.63, 3.8) is 0 Å². The van der Waals surface area contributed by atoms with E-state index >= 15 is 0 Å². The number of fused-ring (bicyclic) bond motifs is 3. The van der Waals surface area contributed by atoms with E-state index in [4.69, 9.17) is 4.74 Å². The molecule has 3 atom stereocenters. The van der Waals surface area contributed by atoms with Crippen LogP contribution < -0.4 is 4.74 Å². The topological polar surface area (TPSA) is 66.8 Å². The smallest absolute Gasteiger partial charge is 0.426 e. The summed E-state index contributed by atoms with van der Waals surface area (Å²) in [6, 6.07) is 8.83. The second kappa shape index (κ2) is 9.69. The number of likely N-dealkylation sites (tertiary alicyclic amines) is 1. The Bertz CT molecular complexity index is 1300. The van der Waals surface area contributed by atoms with E-state index in [1.807, 2.05) is 0 Å². The molecule has 3 aliphatic rings. The first-order valence-electron chi connectivity index (χ1n) is 13.2. The summed E-state index contributed by atoms with van der Waals surface area (Å²) < 4.78 is 89.2. The minimum atomic E-state index is -5.14. The van der Waals surface area contributed by atoms with Gasteiger partial charge in [-0.3, -0.25) is 4.79 Å². The first kappa shape index (κ1) is 28.3. The number of carboxylic acid groups (broad SMARTS) is 1. The van der Waals surface area contributed by atoms with Crippen molar-refractivity contribution in [2.75, 3.05) is 13.2 Å². The van der Waals surface area contributed by atoms with Crippen molar-refractivity contribution in [2.45, 2.75) is 74.4 Å². The number of carbonyl (C=O) groups excluding carboxylic acids is 1. The third-order valence-electron chi connectivity index (χ3n) is 9.03. The fraction of sp³-hybridized carbons (Fsp3) is 0.517. The van der Waals surface area contributed by atoms with E-state index in [2.05, 4.69) is 0 Å². The molecule has 1 saturated carbocycles. The molecule has 2 aliphatic heterocycles. The molecule has 3 unspecified atom stereocenters. The Morgan fingerprint density at radius 1 is 1.05 bits per heavy atom. The van der Waals surface area contributed by atoms with E-state index in [9.17, 15) is 41.0 Å². The number of amides is 1. The van der Waals surface area contributed by atoms with Gasteiger partial charge in [0.25, 0.3) is 0 Å². The zero-order valence-electron chi connectivity index (χ0n) is 21.7. The largest absolute Gasteiger partial charge is 0.491 e. The average Bonchev–Trinajstić information content (AvgIpc) is 3.28. The predicted octanol–water partition coefficient (Wildman–Crippen LogP) is 6.03. The van der Waals surface area contributed by atoms with Crippen molar-refractivity contribution < 1.29 is 45.8 Å². The Labute approximate surface area is 227 Å². The molecule has 0 radical (unpaired) electrons. The minimum absolute atomic E-state index is 0.0622. The minimum Gasteiger partial charge on any atom is -0.491 e. The standard InChI is InChI=1S/C29H29F6NO4/c1-26(31,29(33,34)35)19-4-7-21-22(14-19)40-16-23-27(21,15-17-2-5-20(30)6-3-17)12-13-36(23)24(37)18-8-10-28(32,11-9-18)25(38)39/h2-7,14,18,23H,8-13,15-16H2,1H3,(H,38,39). The molecule has 11 heteroatoms. The molecule has 0 bridgehead atoms. The highest BCUT2D eigenvalue weighted by atomic mass is 19.4. The number of hydrogen-bond donors (Lipinski definition) is 1. The van der Waals surface area contributed by atoms with Crippen LogP contribution in [0.15, 0.2) is 42.5 Å². The molecule has 40 heavy (non-hydrogen) atoms. The first-order valence-corrected chi connectivity index (χ1v) is 13.2. The molecule has 1 aliphatic carbocycles. The van der Waals surface area contributed by atoms with Crippen LogP contribution in [0.2, 0.25) is 0 Å². The number of nitrogens with zero attached hydrogens (tertiary/aromatic N) is 1. The van der Waals surface area contributed by atoms with Gasteiger partial charge in [0, 0.05) is 29.0 Å². The van der Waals surface area contributed by atoms with Gasteiger partial charge < -0.3 is 14.7 Å². The molecule has 216 valence electrons. The summed E-state index contributed by atoms with van der Waals surface area (Å²) >= 11 is 0. The van der Waals surface area contributed by atoms with Gasteiger partial charge in [0.05, 0.1) is 6.04 Å². The summed E-state index contributed by atoms with van der Waals surface area (Å²) in [5.74, 6) is -2.71. The molecule has 2 aromatic rings. The van der Waals surface area contributed by atoms with Gasteiger partial charge in [-0.25, -0.2) is 18.0 Å². The molecule has 0 spiro atoms. The third-order valence-corrected chi connectivity index (χ3v) is 9.03. The zero-order chi connectivity index (χ0) is 29.1. The maximum absolute atomic E-state index is 14.8. The van der Waals surface area contributed by atoms with Crippen LogP contribution in [0.5, 0.6) is 5.75 Å². The van der Waals surface area contributed by atoms with E-state index < -0.39 is 52.2 Å². The lowest BCUT2D eigenvalue weighted by molar-refractivity contribution is -0.228. The van der Waals surface area contributed by atoms with E-state index in [0.29, 0.717) is 25.3 Å². The van der Waals surface area contributed by atoms with Gasteiger partial charge >= 0.3 is 12.1 Å². The summed E-state index contributed by atoms with van der Waals surface area (Å²) in [5.41, 5.74) is -6.11. The van der Waals surface area contributed by atoms with Gasteiger partial charge in [0.15, 0.2) is 0 Å². The number of carboxylic acids is 1. The second-order valence-electron chi connectivity index (χ2n) is 11.3. The highest BCUT2D eigenvalue weighted by Crippen LogP contribution is 2.52. The normalized spacial score (nSPS) is 29.6. The van der Waals surface area contributed by atoms with E-state index in [0.717, 1.165) is 17.7 Å². The summed E-state index contributed by atoms with van der Waals surface area (Å²) in [6.45, 7) is 0.674. The summed E-state index contributed by atoms with van der Waals surface area (Å²) in [6.07, 6.45) is -4.81. The van der Waals surface area contributed by atoms with Crippen LogP contribution in [0.4, 0.5) is 26.3 Å². The Hall–Kier alpha value is -3.24. The van der Waals surface area contributed by atoms with Crippen LogP contribution in [-0.2, 0) is 27.1 Å². The molecular weight excluding hydrogens is 540 g/mol. The highest BCUT2D eigenvalue weighted by Gasteiger charge is 2.57. The number of hydrogen-bond acceptors (Lipinski definition) is 3. The lowest BCUT2D eigenvalue weighted by atomic mass is 9.68. The predicted molar refractivity (Wildman–Crippen MR) is 132 cm³/mol. The van der Waals surface area contributed by atoms with Crippen LogP contribution in [0.3, 0.4) is 0 Å². The maximum Gasteiger partial charge on any atom is 0.426 e. The van der Waals surface area contributed by atoms with Crippen LogP contribution in [0.25, 0.3) is 0 Å². The van der Waals surface area contributed by atoms with Crippen molar-refractivity contribution in [1.29, 1.82) is 0 Å². The van der Waals surface area contributed by atoms with Crippen molar-refractivity contribution in [1.82, 2.24) is 4.90 Å². The number of aliphatic carboxylic acids is 1. The van der Waals surface area contributed by atoms with Gasteiger partial charge in [-0.15, -0.1) is 0 Å². The number of rotatable bonds is 5. The monoisotopic (exact) mass is 569 g/mol. The molecule has 2 heterocycles. The highest BCUT2D eigenvalue weighted by molar-refractivity contribution is 5.82. The van der Waals surface area contributed by atoms with Crippen molar-refractivity contribution in [3.8, 4) is 5.75 Å². The second-order valence-corrected chi connectivity index (χ2v) is 11.3. The summed E-state index contributed by atoms with van der Waals surface area (Å²) in [4.78, 5) is 26.6. The molecule has 1 N–H and O–H groups in total. The molecule has 2 fully saturated rings. The van der Waals surface area contributed by atoms with Gasteiger partial charge in [0.1, 0.15) is 18.2 Å². The van der Waals surface area contributed by atoms with Gasteiger partial charge in [0.2, 0.25) is 17.2 Å². The summed E-state index contributed by atoms with van der Waals surface area (Å²) in [5, 5.41) is 9.19. The first-order chi connectivity index (χ1) is 18.7. The Morgan fingerprint density at radius 2 is 1.70 bits per heavy atom. The van der Waals surface area contributed by atoms with Crippen molar-refractivity contribution >= 4 is 11.9 Å². The fourth-order valence-corrected chi connectivity index (χ4v) is 6.48. The van der Waals surface area contributed by atoms with Crippen LogP contribution in [0.1, 0.15) is 55.7 Å². The molecule has 1 saturated heterocycles. The van der Waals surface area contributed by atoms with Crippen molar-refractivity contribution in [3.05, 3.63) is 65.0 Å². The van der Waals surface area contributed by atoms with Gasteiger partial charge in [-0.05, 0) is 69.2 Å². The van der Waals surface area contributed by atoms with E-state index in [-0.39, 0.29) is 50.5 Å². The quantitative estimate of drug-likeness (QED) is 0.447. The molecular formula is C29H29F6NO4. The lowest BCUT2D eigenvalue weighted by Crippen LogP contribution is -2.54. The average molecular weight is 570 g/mol. The van der Waals surface area contributed by atoms with Gasteiger partial charge in [-0.2, -0.15) is 13.2 Å². The Balaban J connectivity index is 1.49. The van der Waals surface area contributed by atoms with Crippen LogP contribution in [-0.4, -0.2) is 52.9 Å². The Morgan fingerprint density at radius 3 is 2.30 bits per heavy atom. The number of carbonyl (C=O) groups is 2. The number of halogens is 6. The number of alkyl halides is 5. The number of benzene rings is 2. The van der Waals surface area contributed by atoms with E-state index in [1.165, 1.54) is 18.2 Å². The molecule has 0 aromatic heterocycles. The number of ether oxygens (including phenoxy) is 1. The summed E-state index contributed by atoms with van der Waals surface area (Å²) in [7, 11) is 0. The zero-order valence-corrected chi connectivity index (χ0v) is 21.7. The molecule has 5 nitrogen and oxygen atoms in total. The third kappa shape index (κ3) is 4.60. The maximum atomic E-state index is 14.8. The Kier molecular flexibility index (Phi) is 6.86. The van der Waals surface area contributed by atoms with Crippen molar-refractivity contribution in [2.24, 2.45) is 5.92 Å². The van der Waals surface area contributed by atoms with E-state index in [1.54, 1.807) is 17.0 Å². The molecule has 1 amide bonds. The molecule has 2 aromatic carbocycles. The van der Waals surface area contributed by atoms with Crippen LogP contribution >= 0.6 is 0 Å². The SMILES string of the molecule is CC(F)(c1ccc2c(c1)OCC1N(C(=O)C3CCC(F)(C(=O)O)CC3)CCC21Cc1ccc(F)cc1)C(F)(F)F. The van der Waals surface area contributed by atoms with Gasteiger partial charge in [-0.1, -0.05) is 24.3 Å². The lowest BCUT2D eigenvalue weighted by Gasteiger charge is -2.44. The molecule has 5 rings (SSSR count). The van der Waals surface area contributed by atoms with Crippen LogP contribution in [0, 0.1) is 11.7 Å².